The van der Waals surface area contributed by atoms with Crippen molar-refractivity contribution in [2.24, 2.45) is 5.10 Å². The van der Waals surface area contributed by atoms with Crippen molar-refractivity contribution in [2.75, 3.05) is 37.0 Å². The zero-order valence-corrected chi connectivity index (χ0v) is 24.3. The summed E-state index contributed by atoms with van der Waals surface area (Å²) >= 11 is 0. The molecule has 222 valence electrons. The number of ether oxygens (including phenoxy) is 3. The maximum absolute atomic E-state index is 13.5. The SMILES string of the molecule is COc1ccc(N(CC(=O)N/N=C\c2ccc(OCC(=O)Nc3ccccc3)cc2)S(=O)(=O)c2ccccc2)cc1OC. The second kappa shape index (κ2) is 14.5. The van der Waals surface area contributed by atoms with Crippen LogP contribution < -0.4 is 29.3 Å². The lowest BCUT2D eigenvalue weighted by atomic mass is 10.2. The fourth-order valence-corrected chi connectivity index (χ4v) is 5.31. The van der Waals surface area contributed by atoms with Crippen LogP contribution in [-0.4, -0.2) is 53.8 Å². The fourth-order valence-electron chi connectivity index (χ4n) is 3.88. The van der Waals surface area contributed by atoms with Crippen molar-refractivity contribution in [1.29, 1.82) is 0 Å². The van der Waals surface area contributed by atoms with Crippen molar-refractivity contribution in [3.63, 3.8) is 0 Å². The van der Waals surface area contributed by atoms with Gasteiger partial charge in [-0.1, -0.05) is 36.4 Å². The Labute approximate surface area is 249 Å². The van der Waals surface area contributed by atoms with Crippen molar-refractivity contribution in [1.82, 2.24) is 5.43 Å². The van der Waals surface area contributed by atoms with Gasteiger partial charge in [-0.3, -0.25) is 13.9 Å². The lowest BCUT2D eigenvalue weighted by Crippen LogP contribution is -2.39. The Morgan fingerprint density at radius 1 is 0.814 bits per heavy atom. The summed E-state index contributed by atoms with van der Waals surface area (Å²) in [7, 11) is -1.23. The molecule has 0 bridgehead atoms. The fraction of sp³-hybridized carbons (Fsp3) is 0.129. The number of sulfonamides is 1. The Balaban J connectivity index is 1.39. The number of hydrazone groups is 1. The molecule has 2 amide bonds. The zero-order chi connectivity index (χ0) is 30.7. The second-order valence-electron chi connectivity index (χ2n) is 8.93. The van der Waals surface area contributed by atoms with E-state index < -0.39 is 22.5 Å². The number of benzene rings is 4. The number of hydrogen-bond acceptors (Lipinski definition) is 8. The van der Waals surface area contributed by atoms with Gasteiger partial charge >= 0.3 is 0 Å². The number of hydrogen-bond donors (Lipinski definition) is 2. The third kappa shape index (κ3) is 8.33. The molecule has 0 saturated carbocycles. The van der Waals surface area contributed by atoms with E-state index in [1.807, 2.05) is 18.2 Å². The van der Waals surface area contributed by atoms with Crippen molar-refractivity contribution in [2.45, 2.75) is 4.90 Å². The third-order valence-electron chi connectivity index (χ3n) is 5.98. The highest BCUT2D eigenvalue weighted by Crippen LogP contribution is 2.33. The minimum atomic E-state index is -4.12. The number of carbonyl (C=O) groups is 2. The van der Waals surface area contributed by atoms with E-state index in [9.17, 15) is 18.0 Å². The second-order valence-corrected chi connectivity index (χ2v) is 10.8. The van der Waals surface area contributed by atoms with Gasteiger partial charge in [0.2, 0.25) is 0 Å². The minimum absolute atomic E-state index is 0.0148. The highest BCUT2D eigenvalue weighted by Gasteiger charge is 2.28. The van der Waals surface area contributed by atoms with Crippen molar-refractivity contribution >= 4 is 39.4 Å². The van der Waals surface area contributed by atoms with Crippen LogP contribution in [0.2, 0.25) is 0 Å². The van der Waals surface area contributed by atoms with Crippen LogP contribution in [0, 0.1) is 0 Å². The molecular formula is C31H30N4O7S. The molecule has 0 aromatic heterocycles. The first-order valence-electron chi connectivity index (χ1n) is 13.0. The Kier molecular flexibility index (Phi) is 10.3. The van der Waals surface area contributed by atoms with E-state index >= 15 is 0 Å². The highest BCUT2D eigenvalue weighted by molar-refractivity contribution is 7.92. The van der Waals surface area contributed by atoms with Crippen LogP contribution >= 0.6 is 0 Å². The van der Waals surface area contributed by atoms with Gasteiger partial charge < -0.3 is 19.5 Å². The summed E-state index contributed by atoms with van der Waals surface area (Å²) in [4.78, 5) is 25.0. The Hall–Kier alpha value is -5.36. The number of anilines is 2. The van der Waals surface area contributed by atoms with Crippen LogP contribution in [0.4, 0.5) is 11.4 Å². The lowest BCUT2D eigenvalue weighted by Gasteiger charge is -2.24. The topological polar surface area (TPSA) is 136 Å². The van der Waals surface area contributed by atoms with Crippen LogP contribution in [0.5, 0.6) is 17.2 Å². The molecule has 0 unspecified atom stereocenters. The largest absolute Gasteiger partial charge is 0.493 e. The maximum Gasteiger partial charge on any atom is 0.264 e. The van der Waals surface area contributed by atoms with Crippen LogP contribution in [0.15, 0.2) is 113 Å². The summed E-state index contributed by atoms with van der Waals surface area (Å²) in [5.74, 6) is 0.215. The van der Waals surface area contributed by atoms with Gasteiger partial charge in [0.15, 0.2) is 18.1 Å². The van der Waals surface area contributed by atoms with Gasteiger partial charge in [-0.2, -0.15) is 5.10 Å². The van der Waals surface area contributed by atoms with Gasteiger partial charge in [0.05, 0.1) is 31.0 Å². The predicted molar refractivity (Wildman–Crippen MR) is 163 cm³/mol. The number of para-hydroxylation sites is 1. The van der Waals surface area contributed by atoms with Crippen LogP contribution in [0.3, 0.4) is 0 Å². The molecule has 0 fully saturated rings. The Morgan fingerprint density at radius 2 is 1.47 bits per heavy atom. The number of carbonyl (C=O) groups excluding carboxylic acids is 2. The monoisotopic (exact) mass is 602 g/mol. The lowest BCUT2D eigenvalue weighted by molar-refractivity contribution is -0.119. The molecule has 4 aromatic rings. The van der Waals surface area contributed by atoms with Crippen LogP contribution in [0.1, 0.15) is 5.56 Å². The van der Waals surface area contributed by atoms with Gasteiger partial charge in [0.25, 0.3) is 21.8 Å². The van der Waals surface area contributed by atoms with E-state index in [0.717, 1.165) is 4.31 Å². The van der Waals surface area contributed by atoms with Gasteiger partial charge in [-0.25, -0.2) is 13.8 Å². The summed E-state index contributed by atoms with van der Waals surface area (Å²) < 4.78 is 44.1. The molecule has 0 radical (unpaired) electrons. The molecule has 4 aromatic carbocycles. The van der Waals surface area contributed by atoms with Gasteiger partial charge in [-0.15, -0.1) is 0 Å². The van der Waals surface area contributed by atoms with Crippen molar-refractivity contribution < 1.29 is 32.2 Å². The molecule has 0 atom stereocenters. The smallest absolute Gasteiger partial charge is 0.264 e. The molecule has 2 N–H and O–H groups in total. The first-order chi connectivity index (χ1) is 20.8. The summed E-state index contributed by atoms with van der Waals surface area (Å²) in [6.07, 6.45) is 1.40. The minimum Gasteiger partial charge on any atom is -0.493 e. The molecule has 43 heavy (non-hydrogen) atoms. The Bertz CT molecular complexity index is 1660. The summed E-state index contributed by atoms with van der Waals surface area (Å²) in [6, 6.07) is 28.1. The number of methoxy groups -OCH3 is 2. The van der Waals surface area contributed by atoms with Crippen LogP contribution in [0.25, 0.3) is 0 Å². The summed E-state index contributed by atoms with van der Waals surface area (Å²) in [5, 5.41) is 6.70. The normalized spacial score (nSPS) is 11.0. The molecule has 11 nitrogen and oxygen atoms in total. The molecule has 0 aliphatic heterocycles. The molecule has 4 rings (SSSR count). The third-order valence-corrected chi connectivity index (χ3v) is 7.77. The van der Waals surface area contributed by atoms with Crippen LogP contribution in [-0.2, 0) is 19.6 Å². The first-order valence-corrected chi connectivity index (χ1v) is 14.4. The molecule has 0 aliphatic rings. The summed E-state index contributed by atoms with van der Waals surface area (Å²) in [5.41, 5.74) is 3.88. The number of nitrogens with one attached hydrogen (secondary N) is 2. The van der Waals surface area contributed by atoms with E-state index in [1.165, 1.54) is 44.7 Å². The van der Waals surface area contributed by atoms with E-state index in [4.69, 9.17) is 14.2 Å². The molecule has 12 heteroatoms. The predicted octanol–water partition coefficient (Wildman–Crippen LogP) is 4.07. The molecule has 0 aliphatic carbocycles. The van der Waals surface area contributed by atoms with Crippen molar-refractivity contribution in [3.8, 4) is 17.2 Å². The van der Waals surface area contributed by atoms with E-state index in [0.29, 0.717) is 28.5 Å². The highest BCUT2D eigenvalue weighted by atomic mass is 32.2. The van der Waals surface area contributed by atoms with E-state index in [-0.39, 0.29) is 23.1 Å². The van der Waals surface area contributed by atoms with E-state index in [1.54, 1.807) is 60.7 Å². The van der Waals surface area contributed by atoms with Gasteiger partial charge in [0.1, 0.15) is 12.3 Å². The number of amides is 2. The average Bonchev–Trinajstić information content (AvgIpc) is 3.03. The van der Waals surface area contributed by atoms with Crippen molar-refractivity contribution in [3.05, 3.63) is 109 Å². The summed E-state index contributed by atoms with van der Waals surface area (Å²) in [6.45, 7) is -0.720. The molecule has 0 saturated heterocycles. The first kappa shape index (κ1) is 30.6. The number of rotatable bonds is 13. The molecule has 0 heterocycles. The zero-order valence-electron chi connectivity index (χ0n) is 23.5. The van der Waals surface area contributed by atoms with Gasteiger partial charge in [-0.05, 0) is 66.2 Å². The van der Waals surface area contributed by atoms with E-state index in [2.05, 4.69) is 15.8 Å². The molecule has 0 spiro atoms. The molecular weight excluding hydrogens is 572 g/mol. The number of nitrogens with zero attached hydrogens (tertiary/aromatic N) is 2. The maximum atomic E-state index is 13.5. The van der Waals surface area contributed by atoms with Gasteiger partial charge in [0, 0.05) is 11.8 Å². The standard InChI is InChI=1S/C31H30N4O7S/c1-40-28-18-15-25(19-29(28)41-2)35(43(38,39)27-11-7-4-8-12-27)21-30(36)34-32-20-23-13-16-26(17-14-23)42-22-31(37)33-24-9-5-3-6-10-24/h3-20H,21-22H2,1-2H3,(H,33,37)(H,34,36)/b32-20-. The average molecular weight is 603 g/mol. The quantitative estimate of drug-likeness (QED) is 0.174. The Morgan fingerprint density at radius 3 is 2.12 bits per heavy atom.